The largest absolute Gasteiger partial charge is 0.383 e. The molecule has 1 N–H and O–H groups in total. The molecule has 0 atom stereocenters. The van der Waals surface area contributed by atoms with E-state index in [9.17, 15) is 0 Å². The van der Waals surface area contributed by atoms with Crippen LogP contribution in [-0.2, 0) is 6.54 Å². The Morgan fingerprint density at radius 1 is 0.963 bits per heavy atom. The first-order valence-electron chi connectivity index (χ1n) is 9.03. The number of aryl methyl sites for hydroxylation is 1. The Morgan fingerprint density at radius 3 is 2.70 bits per heavy atom. The fourth-order valence-corrected chi connectivity index (χ4v) is 3.29. The van der Waals surface area contributed by atoms with Crippen LogP contribution in [0.2, 0.25) is 0 Å². The molecule has 2 aromatic heterocycles. The molecule has 2 heterocycles. The van der Waals surface area contributed by atoms with Crippen molar-refractivity contribution in [1.29, 1.82) is 0 Å². The predicted molar refractivity (Wildman–Crippen MR) is 113 cm³/mol. The van der Waals surface area contributed by atoms with Crippen LogP contribution in [0.25, 0.3) is 22.2 Å². The topological polar surface area (TPSA) is 55.6 Å². The van der Waals surface area contributed by atoms with Crippen molar-refractivity contribution in [2.45, 2.75) is 19.4 Å². The number of unbranched alkanes of at least 4 members (excludes halogenated alkanes) is 1. The fourth-order valence-electron chi connectivity index (χ4n) is 3.03. The van der Waals surface area contributed by atoms with Gasteiger partial charge in [0.05, 0.1) is 17.4 Å². The van der Waals surface area contributed by atoms with Crippen molar-refractivity contribution in [2.75, 3.05) is 11.9 Å². The summed E-state index contributed by atoms with van der Waals surface area (Å²) in [5.41, 5.74) is 4.10. The minimum absolute atomic E-state index is 0.860. The molecule has 136 valence electrons. The summed E-state index contributed by atoms with van der Waals surface area (Å²) >= 11 is 3.45. The Bertz CT molecular complexity index is 1020. The van der Waals surface area contributed by atoms with Crippen LogP contribution in [0.5, 0.6) is 0 Å². The third-order valence-electron chi connectivity index (χ3n) is 4.44. The molecule has 0 spiro atoms. The second-order valence-electron chi connectivity index (χ2n) is 6.39. The normalized spacial score (nSPS) is 11.0. The van der Waals surface area contributed by atoms with Gasteiger partial charge >= 0.3 is 0 Å². The zero-order valence-electron chi connectivity index (χ0n) is 14.8. The highest BCUT2D eigenvalue weighted by Crippen LogP contribution is 2.21. The minimum atomic E-state index is 0.860. The van der Waals surface area contributed by atoms with E-state index < -0.39 is 0 Å². The molecule has 0 radical (unpaired) electrons. The molecule has 0 amide bonds. The third-order valence-corrected chi connectivity index (χ3v) is 4.97. The number of para-hydroxylation sites is 1. The average Bonchev–Trinajstić information content (AvgIpc) is 3.17. The minimum Gasteiger partial charge on any atom is -0.383 e. The first-order valence-corrected chi connectivity index (χ1v) is 9.82. The molecule has 2 aromatic carbocycles. The van der Waals surface area contributed by atoms with Gasteiger partial charge in [0, 0.05) is 34.7 Å². The maximum Gasteiger partial charge on any atom is 0.113 e. The average molecular weight is 422 g/mol. The van der Waals surface area contributed by atoms with Gasteiger partial charge in [-0.15, -0.1) is 5.10 Å². The summed E-state index contributed by atoms with van der Waals surface area (Å²) in [7, 11) is 0. The van der Waals surface area contributed by atoms with Crippen LogP contribution in [-0.4, -0.2) is 26.5 Å². The summed E-state index contributed by atoms with van der Waals surface area (Å²) < 4.78 is 2.98. The molecule has 0 aliphatic carbocycles. The molecule has 0 saturated carbocycles. The molecule has 0 aliphatic rings. The second-order valence-corrected chi connectivity index (χ2v) is 7.30. The van der Waals surface area contributed by atoms with Gasteiger partial charge < -0.3 is 5.32 Å². The monoisotopic (exact) mass is 421 g/mol. The second kappa shape index (κ2) is 8.31. The van der Waals surface area contributed by atoms with Crippen molar-refractivity contribution in [1.82, 2.24) is 20.0 Å². The number of rotatable bonds is 7. The summed E-state index contributed by atoms with van der Waals surface area (Å²) in [5.74, 6) is 0. The van der Waals surface area contributed by atoms with E-state index in [-0.39, 0.29) is 0 Å². The van der Waals surface area contributed by atoms with E-state index >= 15 is 0 Å². The lowest BCUT2D eigenvalue weighted by Crippen LogP contribution is -2.05. The Balaban J connectivity index is 1.27. The zero-order valence-corrected chi connectivity index (χ0v) is 16.4. The van der Waals surface area contributed by atoms with Crippen LogP contribution in [0.1, 0.15) is 12.8 Å². The van der Waals surface area contributed by atoms with Crippen LogP contribution < -0.4 is 5.32 Å². The van der Waals surface area contributed by atoms with Gasteiger partial charge in [0.1, 0.15) is 5.69 Å². The zero-order chi connectivity index (χ0) is 18.5. The van der Waals surface area contributed by atoms with Gasteiger partial charge in [-0.25, -0.2) is 0 Å². The molecule has 0 unspecified atom stereocenters. The van der Waals surface area contributed by atoms with Crippen LogP contribution in [0.3, 0.4) is 0 Å². The number of halogens is 1. The predicted octanol–water partition coefficient (Wildman–Crippen LogP) is 5.15. The summed E-state index contributed by atoms with van der Waals surface area (Å²) in [5, 5.41) is 13.2. The van der Waals surface area contributed by atoms with E-state index in [1.54, 1.807) is 0 Å². The first-order chi connectivity index (χ1) is 13.3. The maximum absolute atomic E-state index is 4.48. The lowest BCUT2D eigenvalue weighted by Gasteiger charge is -2.08. The van der Waals surface area contributed by atoms with E-state index in [0.717, 1.165) is 58.3 Å². The number of anilines is 1. The molecule has 0 bridgehead atoms. The van der Waals surface area contributed by atoms with Crippen LogP contribution in [0, 0.1) is 0 Å². The van der Waals surface area contributed by atoms with Gasteiger partial charge in [-0.2, -0.15) is 0 Å². The maximum atomic E-state index is 4.48. The number of nitrogens with one attached hydrogen (secondary N) is 1. The van der Waals surface area contributed by atoms with Crippen LogP contribution >= 0.6 is 15.9 Å². The molecule has 0 saturated heterocycles. The summed E-state index contributed by atoms with van der Waals surface area (Å²) in [6.45, 7) is 1.77. The molecule has 6 heteroatoms. The summed E-state index contributed by atoms with van der Waals surface area (Å²) in [6, 6.07) is 18.4. The molecule has 4 rings (SSSR count). The number of benzene rings is 2. The number of aromatic nitrogens is 4. The SMILES string of the molecule is Brc1ccc(-c2cn(CCCCNc3cccc4cccnc34)nn2)cc1. The Hall–Kier alpha value is -2.73. The number of pyridine rings is 1. The highest BCUT2D eigenvalue weighted by Gasteiger charge is 2.04. The Morgan fingerprint density at radius 2 is 1.81 bits per heavy atom. The van der Waals surface area contributed by atoms with Gasteiger partial charge in [0.25, 0.3) is 0 Å². The van der Waals surface area contributed by atoms with E-state index in [4.69, 9.17) is 0 Å². The highest BCUT2D eigenvalue weighted by atomic mass is 79.9. The summed E-state index contributed by atoms with van der Waals surface area (Å²) in [6.07, 6.45) is 5.93. The lowest BCUT2D eigenvalue weighted by atomic mass is 10.2. The molecular formula is C21H20BrN5. The Kier molecular flexibility index (Phi) is 5.44. The highest BCUT2D eigenvalue weighted by molar-refractivity contribution is 9.10. The molecular weight excluding hydrogens is 402 g/mol. The van der Waals surface area contributed by atoms with Gasteiger partial charge in [0.15, 0.2) is 0 Å². The standard InChI is InChI=1S/C21H20BrN5/c22-18-10-8-16(9-11-18)20-15-27(26-25-20)14-2-1-12-23-19-7-3-5-17-6-4-13-24-21(17)19/h3-11,13,15,23H,1-2,12,14H2. The van der Waals surface area contributed by atoms with E-state index in [1.807, 2.05) is 47.4 Å². The van der Waals surface area contributed by atoms with Gasteiger partial charge in [-0.05, 0) is 37.1 Å². The van der Waals surface area contributed by atoms with Gasteiger partial charge in [-0.1, -0.05) is 51.5 Å². The number of fused-ring (bicyclic) bond motifs is 1. The molecule has 5 nitrogen and oxygen atoms in total. The van der Waals surface area contributed by atoms with Crippen molar-refractivity contribution in [3.05, 3.63) is 71.5 Å². The van der Waals surface area contributed by atoms with Crippen molar-refractivity contribution in [2.24, 2.45) is 0 Å². The van der Waals surface area contributed by atoms with Crippen molar-refractivity contribution in [3.63, 3.8) is 0 Å². The summed E-state index contributed by atoms with van der Waals surface area (Å²) in [4.78, 5) is 4.48. The Labute approximate surface area is 166 Å². The van der Waals surface area contributed by atoms with Crippen molar-refractivity contribution in [3.8, 4) is 11.3 Å². The molecule has 0 fully saturated rings. The molecule has 0 aliphatic heterocycles. The van der Waals surface area contributed by atoms with Crippen LogP contribution in [0.15, 0.2) is 71.5 Å². The third kappa shape index (κ3) is 4.34. The smallest absolute Gasteiger partial charge is 0.113 e. The van der Waals surface area contributed by atoms with E-state index in [2.05, 4.69) is 60.8 Å². The molecule has 4 aromatic rings. The quantitative estimate of drug-likeness (QED) is 0.419. The lowest BCUT2D eigenvalue weighted by molar-refractivity contribution is 0.548. The van der Waals surface area contributed by atoms with E-state index in [1.165, 1.54) is 0 Å². The van der Waals surface area contributed by atoms with E-state index in [0.29, 0.717) is 0 Å². The van der Waals surface area contributed by atoms with Gasteiger partial charge in [-0.3, -0.25) is 9.67 Å². The number of nitrogens with zero attached hydrogens (tertiary/aromatic N) is 4. The van der Waals surface area contributed by atoms with Gasteiger partial charge in [0.2, 0.25) is 0 Å². The fraction of sp³-hybridized carbons (Fsp3) is 0.190. The van der Waals surface area contributed by atoms with Crippen molar-refractivity contribution < 1.29 is 0 Å². The van der Waals surface area contributed by atoms with Crippen molar-refractivity contribution >= 4 is 32.5 Å². The van der Waals surface area contributed by atoms with Crippen LogP contribution in [0.4, 0.5) is 5.69 Å². The number of hydrogen-bond donors (Lipinski definition) is 1. The first kappa shape index (κ1) is 17.7. The number of hydrogen-bond acceptors (Lipinski definition) is 4. The molecule has 27 heavy (non-hydrogen) atoms.